The first-order chi connectivity index (χ1) is 9.08. The van der Waals surface area contributed by atoms with Crippen LogP contribution in [-0.2, 0) is 11.2 Å². The molecule has 1 aromatic carbocycles. The Kier molecular flexibility index (Phi) is 4.97. The molecule has 19 heavy (non-hydrogen) atoms. The van der Waals surface area contributed by atoms with E-state index in [9.17, 15) is 5.11 Å². The van der Waals surface area contributed by atoms with Gasteiger partial charge in [0.15, 0.2) is 0 Å². The number of rotatable bonds is 4. The predicted molar refractivity (Wildman–Crippen MR) is 77.5 cm³/mol. The van der Waals surface area contributed by atoms with Crippen molar-refractivity contribution in [2.45, 2.75) is 39.4 Å². The third-order valence-electron chi connectivity index (χ3n) is 3.78. The molecule has 106 valence electrons. The Labute approximate surface area is 116 Å². The zero-order chi connectivity index (χ0) is 13.8. The molecule has 3 nitrogen and oxygen atoms in total. The molecule has 0 aromatic heterocycles. The smallest absolute Gasteiger partial charge is 0.0964 e. The van der Waals surface area contributed by atoms with Crippen molar-refractivity contribution in [3.05, 3.63) is 34.9 Å². The minimum atomic E-state index is -0.421. The standard InChI is InChI=1S/C16H25NO2/c1-4-17-5-6-19-16(11-17)15(18)10-14-8-12(2)7-13(3)9-14/h7-9,15-16,18H,4-6,10-11H2,1-3H3. The fourth-order valence-corrected chi connectivity index (χ4v) is 2.81. The highest BCUT2D eigenvalue weighted by atomic mass is 16.5. The van der Waals surface area contributed by atoms with Crippen LogP contribution < -0.4 is 0 Å². The molecule has 2 atom stereocenters. The monoisotopic (exact) mass is 263 g/mol. The number of nitrogens with zero attached hydrogens (tertiary/aromatic N) is 1. The Bertz CT molecular complexity index is 399. The second-order valence-electron chi connectivity index (χ2n) is 5.57. The summed E-state index contributed by atoms with van der Waals surface area (Å²) in [5, 5.41) is 10.4. The van der Waals surface area contributed by atoms with E-state index in [1.54, 1.807) is 0 Å². The van der Waals surface area contributed by atoms with Gasteiger partial charge < -0.3 is 9.84 Å². The van der Waals surface area contributed by atoms with Gasteiger partial charge in [-0.05, 0) is 26.0 Å². The van der Waals surface area contributed by atoms with Gasteiger partial charge in [0.25, 0.3) is 0 Å². The van der Waals surface area contributed by atoms with Crippen molar-refractivity contribution < 1.29 is 9.84 Å². The van der Waals surface area contributed by atoms with Gasteiger partial charge in [-0.25, -0.2) is 0 Å². The maximum atomic E-state index is 10.4. The molecule has 1 aliphatic rings. The molecular formula is C16H25NO2. The average Bonchev–Trinajstić information content (AvgIpc) is 2.37. The van der Waals surface area contributed by atoms with E-state index in [-0.39, 0.29) is 6.10 Å². The summed E-state index contributed by atoms with van der Waals surface area (Å²) in [5.74, 6) is 0. The largest absolute Gasteiger partial charge is 0.390 e. The lowest BCUT2D eigenvalue weighted by molar-refractivity contribution is -0.0867. The summed E-state index contributed by atoms with van der Waals surface area (Å²) in [6.07, 6.45) is 0.190. The third-order valence-corrected chi connectivity index (χ3v) is 3.78. The van der Waals surface area contributed by atoms with Crippen LogP contribution >= 0.6 is 0 Å². The molecule has 1 aliphatic heterocycles. The van der Waals surface area contributed by atoms with Crippen LogP contribution in [0.15, 0.2) is 18.2 Å². The summed E-state index contributed by atoms with van der Waals surface area (Å²) in [4.78, 5) is 2.33. The summed E-state index contributed by atoms with van der Waals surface area (Å²) in [7, 11) is 0. The van der Waals surface area contributed by atoms with Crippen molar-refractivity contribution >= 4 is 0 Å². The van der Waals surface area contributed by atoms with E-state index in [1.807, 2.05) is 0 Å². The minimum absolute atomic E-state index is 0.0606. The maximum absolute atomic E-state index is 10.4. The molecular weight excluding hydrogens is 238 g/mol. The molecule has 1 saturated heterocycles. The van der Waals surface area contributed by atoms with Crippen LogP contribution in [0.3, 0.4) is 0 Å². The quantitative estimate of drug-likeness (QED) is 0.901. The van der Waals surface area contributed by atoms with Gasteiger partial charge in [0.1, 0.15) is 0 Å². The van der Waals surface area contributed by atoms with E-state index < -0.39 is 6.10 Å². The Hall–Kier alpha value is -0.900. The number of aliphatic hydroxyl groups excluding tert-OH is 1. The Morgan fingerprint density at radius 3 is 2.63 bits per heavy atom. The molecule has 0 spiro atoms. The van der Waals surface area contributed by atoms with E-state index in [0.29, 0.717) is 6.42 Å². The average molecular weight is 263 g/mol. The molecule has 1 fully saturated rings. The first-order valence-corrected chi connectivity index (χ1v) is 7.17. The highest BCUT2D eigenvalue weighted by Gasteiger charge is 2.26. The maximum Gasteiger partial charge on any atom is 0.0964 e. The lowest BCUT2D eigenvalue weighted by Crippen LogP contribution is -2.48. The molecule has 0 saturated carbocycles. The normalized spacial score (nSPS) is 22.4. The van der Waals surface area contributed by atoms with Crippen LogP contribution in [0.5, 0.6) is 0 Å². The SMILES string of the molecule is CCN1CCOC(C(O)Cc2cc(C)cc(C)c2)C1. The summed E-state index contributed by atoms with van der Waals surface area (Å²) in [6.45, 7) is 9.90. The molecule has 2 rings (SSSR count). The van der Waals surface area contributed by atoms with Gasteiger partial charge in [-0.1, -0.05) is 36.2 Å². The van der Waals surface area contributed by atoms with Crippen LogP contribution in [0.4, 0.5) is 0 Å². The molecule has 1 aromatic rings. The zero-order valence-corrected chi connectivity index (χ0v) is 12.2. The fraction of sp³-hybridized carbons (Fsp3) is 0.625. The fourth-order valence-electron chi connectivity index (χ4n) is 2.81. The third kappa shape index (κ3) is 4.03. The van der Waals surface area contributed by atoms with Gasteiger partial charge in [-0.15, -0.1) is 0 Å². The van der Waals surface area contributed by atoms with Crippen molar-refractivity contribution in [1.82, 2.24) is 4.90 Å². The van der Waals surface area contributed by atoms with E-state index in [0.717, 1.165) is 26.2 Å². The van der Waals surface area contributed by atoms with Gasteiger partial charge >= 0.3 is 0 Å². The number of ether oxygens (including phenoxy) is 1. The van der Waals surface area contributed by atoms with Crippen molar-refractivity contribution in [3.63, 3.8) is 0 Å². The highest BCUT2D eigenvalue weighted by molar-refractivity contribution is 5.29. The number of morpholine rings is 1. The van der Waals surface area contributed by atoms with E-state index in [1.165, 1.54) is 16.7 Å². The number of hydrogen-bond donors (Lipinski definition) is 1. The molecule has 1 heterocycles. The highest BCUT2D eigenvalue weighted by Crippen LogP contribution is 2.15. The molecule has 1 N–H and O–H groups in total. The lowest BCUT2D eigenvalue weighted by Gasteiger charge is -2.34. The van der Waals surface area contributed by atoms with Gasteiger partial charge in [-0.2, -0.15) is 0 Å². The van der Waals surface area contributed by atoms with Crippen LogP contribution in [-0.4, -0.2) is 48.5 Å². The van der Waals surface area contributed by atoms with Gasteiger partial charge in [0.2, 0.25) is 0 Å². The lowest BCUT2D eigenvalue weighted by atomic mass is 9.99. The zero-order valence-electron chi connectivity index (χ0n) is 12.2. The molecule has 2 unspecified atom stereocenters. The summed E-state index contributed by atoms with van der Waals surface area (Å²) in [6, 6.07) is 6.46. The number of aryl methyl sites for hydroxylation is 2. The van der Waals surface area contributed by atoms with Crippen LogP contribution in [0.1, 0.15) is 23.6 Å². The number of likely N-dealkylation sites (N-methyl/N-ethyl adjacent to an activating group) is 1. The number of aliphatic hydroxyl groups is 1. The van der Waals surface area contributed by atoms with Gasteiger partial charge in [0, 0.05) is 19.5 Å². The van der Waals surface area contributed by atoms with Gasteiger partial charge in [-0.3, -0.25) is 4.90 Å². The predicted octanol–water partition coefficient (Wildman–Crippen LogP) is 1.93. The van der Waals surface area contributed by atoms with Crippen molar-refractivity contribution in [1.29, 1.82) is 0 Å². The Morgan fingerprint density at radius 1 is 1.32 bits per heavy atom. The molecule has 0 aliphatic carbocycles. The van der Waals surface area contributed by atoms with E-state index in [4.69, 9.17) is 4.74 Å². The van der Waals surface area contributed by atoms with Crippen molar-refractivity contribution in [3.8, 4) is 0 Å². The van der Waals surface area contributed by atoms with E-state index >= 15 is 0 Å². The Balaban J connectivity index is 1.98. The first-order valence-electron chi connectivity index (χ1n) is 7.17. The second-order valence-corrected chi connectivity index (χ2v) is 5.57. The summed E-state index contributed by atoms with van der Waals surface area (Å²) in [5.41, 5.74) is 3.70. The first kappa shape index (κ1) is 14.5. The summed E-state index contributed by atoms with van der Waals surface area (Å²) < 4.78 is 5.71. The van der Waals surface area contributed by atoms with Crippen molar-refractivity contribution in [2.75, 3.05) is 26.2 Å². The molecule has 0 bridgehead atoms. The van der Waals surface area contributed by atoms with Crippen molar-refractivity contribution in [2.24, 2.45) is 0 Å². The second kappa shape index (κ2) is 6.51. The molecule has 0 amide bonds. The minimum Gasteiger partial charge on any atom is -0.390 e. The van der Waals surface area contributed by atoms with E-state index in [2.05, 4.69) is 43.9 Å². The van der Waals surface area contributed by atoms with Crippen LogP contribution in [0.25, 0.3) is 0 Å². The Morgan fingerprint density at radius 2 is 2.00 bits per heavy atom. The topological polar surface area (TPSA) is 32.7 Å². The summed E-state index contributed by atoms with van der Waals surface area (Å²) >= 11 is 0. The molecule has 3 heteroatoms. The van der Waals surface area contributed by atoms with Gasteiger partial charge in [0.05, 0.1) is 18.8 Å². The van der Waals surface area contributed by atoms with Crippen LogP contribution in [0.2, 0.25) is 0 Å². The number of hydrogen-bond acceptors (Lipinski definition) is 3. The van der Waals surface area contributed by atoms with Crippen LogP contribution in [0, 0.1) is 13.8 Å². The molecule has 0 radical (unpaired) electrons. The number of benzene rings is 1.